The van der Waals surface area contributed by atoms with E-state index in [4.69, 9.17) is 9.47 Å². The van der Waals surface area contributed by atoms with Gasteiger partial charge in [-0.1, -0.05) is 0 Å². The molecule has 0 saturated heterocycles. The summed E-state index contributed by atoms with van der Waals surface area (Å²) in [6.45, 7) is 2.93. The minimum atomic E-state index is 0.814. The molecular weight excluding hydrogens is 222 g/mol. The standard InChI is InChI=1S/C12H19NO2S/c1-9-7-10(14-2)8-11(15-3)12(9)13-5-4-6-16/h7-8,13,16H,4-6H2,1-3H3. The molecular formula is C12H19NO2S. The molecule has 0 bridgehead atoms. The van der Waals surface area contributed by atoms with Crippen molar-refractivity contribution >= 4 is 18.3 Å². The third-order valence-electron chi connectivity index (χ3n) is 2.37. The smallest absolute Gasteiger partial charge is 0.145 e. The Morgan fingerprint density at radius 2 is 2.00 bits per heavy atom. The van der Waals surface area contributed by atoms with E-state index in [-0.39, 0.29) is 0 Å². The summed E-state index contributed by atoms with van der Waals surface area (Å²) in [5, 5.41) is 3.36. The highest BCUT2D eigenvalue weighted by molar-refractivity contribution is 7.80. The maximum absolute atomic E-state index is 5.34. The van der Waals surface area contributed by atoms with Gasteiger partial charge in [0.15, 0.2) is 0 Å². The van der Waals surface area contributed by atoms with Crippen LogP contribution in [0.3, 0.4) is 0 Å². The van der Waals surface area contributed by atoms with E-state index in [0.717, 1.165) is 41.5 Å². The summed E-state index contributed by atoms with van der Waals surface area (Å²) < 4.78 is 10.5. The number of thiol groups is 1. The van der Waals surface area contributed by atoms with E-state index in [9.17, 15) is 0 Å². The van der Waals surface area contributed by atoms with Gasteiger partial charge in [0, 0.05) is 12.6 Å². The normalized spacial score (nSPS) is 10.0. The lowest BCUT2D eigenvalue weighted by molar-refractivity contribution is 0.395. The van der Waals surface area contributed by atoms with Gasteiger partial charge in [0.1, 0.15) is 11.5 Å². The fourth-order valence-electron chi connectivity index (χ4n) is 1.52. The van der Waals surface area contributed by atoms with Crippen LogP contribution in [0.15, 0.2) is 12.1 Å². The average Bonchev–Trinajstić information content (AvgIpc) is 2.30. The van der Waals surface area contributed by atoms with Crippen LogP contribution in [-0.2, 0) is 0 Å². The topological polar surface area (TPSA) is 30.5 Å². The molecule has 0 aliphatic rings. The van der Waals surface area contributed by atoms with Gasteiger partial charge in [-0.3, -0.25) is 0 Å². The Kier molecular flexibility index (Phi) is 5.32. The van der Waals surface area contributed by atoms with Crippen molar-refractivity contribution in [3.05, 3.63) is 17.7 Å². The molecule has 0 radical (unpaired) electrons. The molecule has 3 nitrogen and oxygen atoms in total. The quantitative estimate of drug-likeness (QED) is 0.593. The van der Waals surface area contributed by atoms with Gasteiger partial charge in [0.05, 0.1) is 19.9 Å². The molecule has 16 heavy (non-hydrogen) atoms. The Morgan fingerprint density at radius 1 is 1.25 bits per heavy atom. The van der Waals surface area contributed by atoms with E-state index >= 15 is 0 Å². The lowest BCUT2D eigenvalue weighted by Gasteiger charge is -2.15. The molecule has 1 N–H and O–H groups in total. The molecule has 1 aromatic carbocycles. The zero-order valence-electron chi connectivity index (χ0n) is 10.0. The number of methoxy groups -OCH3 is 2. The fourth-order valence-corrected chi connectivity index (χ4v) is 1.68. The number of anilines is 1. The maximum Gasteiger partial charge on any atom is 0.145 e. The third kappa shape index (κ3) is 3.23. The summed E-state index contributed by atoms with van der Waals surface area (Å²) in [5.41, 5.74) is 2.15. The number of nitrogens with one attached hydrogen (secondary N) is 1. The van der Waals surface area contributed by atoms with Gasteiger partial charge in [-0.05, 0) is 30.7 Å². The first kappa shape index (κ1) is 13.0. The van der Waals surface area contributed by atoms with Crippen molar-refractivity contribution in [1.29, 1.82) is 0 Å². The zero-order valence-corrected chi connectivity index (χ0v) is 10.9. The van der Waals surface area contributed by atoms with Crippen molar-refractivity contribution in [2.45, 2.75) is 13.3 Å². The summed E-state index contributed by atoms with van der Waals surface area (Å²) >= 11 is 4.18. The van der Waals surface area contributed by atoms with Crippen LogP contribution < -0.4 is 14.8 Å². The number of aryl methyl sites for hydroxylation is 1. The highest BCUT2D eigenvalue weighted by Gasteiger charge is 2.08. The van der Waals surface area contributed by atoms with Gasteiger partial charge in [0.2, 0.25) is 0 Å². The highest BCUT2D eigenvalue weighted by atomic mass is 32.1. The highest BCUT2D eigenvalue weighted by Crippen LogP contribution is 2.32. The van der Waals surface area contributed by atoms with Crippen LogP contribution in [0.2, 0.25) is 0 Å². The van der Waals surface area contributed by atoms with Gasteiger partial charge in [0.25, 0.3) is 0 Å². The number of rotatable bonds is 6. The van der Waals surface area contributed by atoms with E-state index in [1.165, 1.54) is 0 Å². The second-order valence-corrected chi connectivity index (χ2v) is 3.97. The van der Waals surface area contributed by atoms with Crippen molar-refractivity contribution < 1.29 is 9.47 Å². The summed E-state index contributed by atoms with van der Waals surface area (Å²) in [7, 11) is 3.32. The fraction of sp³-hybridized carbons (Fsp3) is 0.500. The van der Waals surface area contributed by atoms with Gasteiger partial charge in [-0.25, -0.2) is 0 Å². The maximum atomic E-state index is 5.34. The van der Waals surface area contributed by atoms with Crippen LogP contribution in [0.1, 0.15) is 12.0 Å². The van der Waals surface area contributed by atoms with E-state index in [2.05, 4.69) is 17.9 Å². The van der Waals surface area contributed by atoms with Crippen LogP contribution in [0.4, 0.5) is 5.69 Å². The Labute approximate surface area is 103 Å². The molecule has 4 heteroatoms. The Balaban J connectivity index is 2.88. The van der Waals surface area contributed by atoms with Crippen molar-refractivity contribution in [2.24, 2.45) is 0 Å². The molecule has 0 amide bonds. The Hall–Kier alpha value is -1.03. The van der Waals surface area contributed by atoms with Crippen LogP contribution in [0.25, 0.3) is 0 Å². The molecule has 0 saturated carbocycles. The summed E-state index contributed by atoms with van der Waals surface area (Å²) in [4.78, 5) is 0. The van der Waals surface area contributed by atoms with Crippen molar-refractivity contribution in [3.8, 4) is 11.5 Å². The van der Waals surface area contributed by atoms with Crippen LogP contribution in [-0.4, -0.2) is 26.5 Å². The van der Waals surface area contributed by atoms with E-state index in [1.807, 2.05) is 19.1 Å². The predicted octanol–water partition coefficient (Wildman–Crippen LogP) is 2.74. The molecule has 1 rings (SSSR count). The van der Waals surface area contributed by atoms with Crippen LogP contribution in [0, 0.1) is 6.92 Å². The Bertz CT molecular complexity index is 342. The first-order valence-corrected chi connectivity index (χ1v) is 5.93. The molecule has 0 fully saturated rings. The van der Waals surface area contributed by atoms with Crippen LogP contribution >= 0.6 is 12.6 Å². The van der Waals surface area contributed by atoms with E-state index in [0.29, 0.717) is 0 Å². The first-order chi connectivity index (χ1) is 7.72. The number of ether oxygens (including phenoxy) is 2. The number of benzene rings is 1. The summed E-state index contributed by atoms with van der Waals surface area (Å²) in [6, 6.07) is 3.88. The lowest BCUT2D eigenvalue weighted by atomic mass is 10.1. The van der Waals surface area contributed by atoms with Gasteiger partial charge >= 0.3 is 0 Å². The van der Waals surface area contributed by atoms with Crippen molar-refractivity contribution in [3.63, 3.8) is 0 Å². The Morgan fingerprint density at radius 3 is 2.56 bits per heavy atom. The van der Waals surface area contributed by atoms with Gasteiger partial charge < -0.3 is 14.8 Å². The molecule has 90 valence electrons. The molecule has 0 aliphatic heterocycles. The second-order valence-electron chi connectivity index (χ2n) is 3.53. The predicted molar refractivity (Wildman–Crippen MR) is 71.2 cm³/mol. The van der Waals surface area contributed by atoms with Crippen molar-refractivity contribution in [1.82, 2.24) is 0 Å². The van der Waals surface area contributed by atoms with E-state index < -0.39 is 0 Å². The average molecular weight is 241 g/mol. The SMILES string of the molecule is COc1cc(C)c(NCCCS)c(OC)c1. The number of hydrogen-bond acceptors (Lipinski definition) is 4. The molecule has 0 aliphatic carbocycles. The molecule has 0 atom stereocenters. The summed E-state index contributed by atoms with van der Waals surface area (Å²) in [5.74, 6) is 2.51. The largest absolute Gasteiger partial charge is 0.497 e. The number of hydrogen-bond donors (Lipinski definition) is 2. The summed E-state index contributed by atoms with van der Waals surface area (Å²) in [6.07, 6.45) is 1.03. The molecule has 1 aromatic rings. The zero-order chi connectivity index (χ0) is 12.0. The molecule has 0 aromatic heterocycles. The molecule has 0 heterocycles. The minimum Gasteiger partial charge on any atom is -0.497 e. The van der Waals surface area contributed by atoms with Gasteiger partial charge in [-0.15, -0.1) is 0 Å². The van der Waals surface area contributed by atoms with Gasteiger partial charge in [-0.2, -0.15) is 12.6 Å². The third-order valence-corrected chi connectivity index (χ3v) is 2.68. The first-order valence-electron chi connectivity index (χ1n) is 5.30. The molecule has 0 unspecified atom stereocenters. The van der Waals surface area contributed by atoms with E-state index in [1.54, 1.807) is 14.2 Å². The monoisotopic (exact) mass is 241 g/mol. The minimum absolute atomic E-state index is 0.814. The van der Waals surface area contributed by atoms with Crippen LogP contribution in [0.5, 0.6) is 11.5 Å². The van der Waals surface area contributed by atoms with Crippen molar-refractivity contribution in [2.75, 3.05) is 31.8 Å². The second kappa shape index (κ2) is 6.53. The molecule has 0 spiro atoms. The lowest BCUT2D eigenvalue weighted by Crippen LogP contribution is -2.05.